The van der Waals surface area contributed by atoms with Crippen LogP contribution in [0.1, 0.15) is 5.56 Å². The van der Waals surface area contributed by atoms with E-state index in [0.29, 0.717) is 5.56 Å². The van der Waals surface area contributed by atoms with Crippen molar-refractivity contribution < 1.29 is 26.7 Å². The summed E-state index contributed by atoms with van der Waals surface area (Å²) in [6.07, 6.45) is -1.29. The lowest BCUT2D eigenvalue weighted by molar-refractivity contribution is 0.0270. The number of aryl methyl sites for hydroxylation is 1. The van der Waals surface area contributed by atoms with Crippen LogP contribution in [0.3, 0.4) is 0 Å². The highest BCUT2D eigenvalue weighted by atomic mass is 32.2. The zero-order chi connectivity index (χ0) is 18.3. The van der Waals surface area contributed by atoms with Crippen molar-refractivity contribution in [2.75, 3.05) is 32.7 Å². The molecule has 0 radical (unpaired) electrons. The summed E-state index contributed by atoms with van der Waals surface area (Å²) in [4.78, 5) is -0.0739. The van der Waals surface area contributed by atoms with Crippen LogP contribution in [0, 0.1) is 6.92 Å². The van der Waals surface area contributed by atoms with Crippen LogP contribution in [0.5, 0.6) is 5.75 Å². The van der Waals surface area contributed by atoms with E-state index >= 15 is 0 Å². The molecule has 0 aliphatic carbocycles. The Morgan fingerprint density at radius 3 is 2.33 bits per heavy atom. The number of sulfone groups is 1. The van der Waals surface area contributed by atoms with E-state index in [1.165, 1.54) is 38.3 Å². The maximum absolute atomic E-state index is 13.1. The van der Waals surface area contributed by atoms with Crippen molar-refractivity contribution in [3.63, 3.8) is 0 Å². The number of sulfonamides is 1. The number of methoxy groups -OCH3 is 1. The maximum Gasteiger partial charge on any atom is 0.260 e. The Bertz CT molecular complexity index is 820. The lowest BCUT2D eigenvalue weighted by atomic mass is 10.2. The van der Waals surface area contributed by atoms with Crippen molar-refractivity contribution in [3.05, 3.63) is 23.8 Å². The fraction of sp³-hybridized carbons (Fsp3) is 0.571. The Morgan fingerprint density at radius 1 is 1.25 bits per heavy atom. The molecule has 0 aromatic heterocycles. The van der Waals surface area contributed by atoms with Gasteiger partial charge in [-0.25, -0.2) is 21.8 Å². The molecule has 10 heteroatoms. The van der Waals surface area contributed by atoms with Gasteiger partial charge >= 0.3 is 0 Å². The first-order chi connectivity index (χ1) is 11.0. The molecule has 0 spiro atoms. The predicted octanol–water partition coefficient (Wildman–Crippen LogP) is -0.371. The molecule has 136 valence electrons. The van der Waals surface area contributed by atoms with Crippen LogP contribution < -0.4 is 4.74 Å². The van der Waals surface area contributed by atoms with E-state index in [1.54, 1.807) is 13.0 Å². The average Bonchev–Trinajstić information content (AvgIpc) is 2.71. The number of ether oxygens (including phenoxy) is 1. The minimum absolute atomic E-state index is 0.0739. The summed E-state index contributed by atoms with van der Waals surface area (Å²) in [5, 5.41) is 11.4. The second-order valence-electron chi connectivity index (χ2n) is 5.99. The van der Waals surface area contributed by atoms with Crippen LogP contribution in [0.2, 0.25) is 0 Å². The van der Waals surface area contributed by atoms with E-state index < -0.39 is 43.5 Å². The Labute approximate surface area is 142 Å². The van der Waals surface area contributed by atoms with E-state index in [4.69, 9.17) is 4.74 Å². The molecule has 1 fully saturated rings. The lowest BCUT2D eigenvalue weighted by Gasteiger charge is -2.34. The quantitative estimate of drug-likeness (QED) is 0.697. The van der Waals surface area contributed by atoms with Gasteiger partial charge in [0, 0.05) is 14.1 Å². The summed E-state index contributed by atoms with van der Waals surface area (Å²) in [6, 6.07) is 3.63. The number of hydrogen-bond acceptors (Lipinski definition) is 7. The van der Waals surface area contributed by atoms with Crippen LogP contribution in [-0.4, -0.2) is 76.2 Å². The maximum atomic E-state index is 13.1. The van der Waals surface area contributed by atoms with Gasteiger partial charge in [0.2, 0.25) is 0 Å². The van der Waals surface area contributed by atoms with E-state index in [-0.39, 0.29) is 10.6 Å². The highest BCUT2D eigenvalue weighted by Crippen LogP contribution is 2.31. The fourth-order valence-corrected chi connectivity index (χ4v) is 6.60. The first-order valence-electron chi connectivity index (χ1n) is 7.24. The normalized spacial score (nSPS) is 23.8. The van der Waals surface area contributed by atoms with Crippen molar-refractivity contribution >= 4 is 19.9 Å². The number of aliphatic hydroxyl groups is 1. The molecule has 1 aliphatic heterocycles. The van der Waals surface area contributed by atoms with Gasteiger partial charge in [0.15, 0.2) is 9.84 Å². The largest absolute Gasteiger partial charge is 0.495 e. The summed E-state index contributed by atoms with van der Waals surface area (Å²) in [5.41, 5.74) is 0.715. The lowest BCUT2D eigenvalue weighted by Crippen LogP contribution is -2.53. The standard InChI is InChI=1S/C14H22N2O6S2/c1-10-5-6-13(22-4)14(7-10)24(20,21)16(15(2)3)11-8-23(18,19)9-12(11)17/h5-7,11-12,17H,8-9H2,1-4H3/t11-,12+/m1/s1. The minimum Gasteiger partial charge on any atom is -0.495 e. The minimum atomic E-state index is -4.12. The zero-order valence-electron chi connectivity index (χ0n) is 14.0. The highest BCUT2D eigenvalue weighted by Gasteiger charge is 2.46. The van der Waals surface area contributed by atoms with Gasteiger partial charge in [-0.3, -0.25) is 0 Å². The molecule has 0 unspecified atom stereocenters. The highest BCUT2D eigenvalue weighted by molar-refractivity contribution is 7.92. The first kappa shape index (κ1) is 19.1. The second kappa shape index (κ2) is 6.60. The van der Waals surface area contributed by atoms with Crippen LogP contribution in [0.4, 0.5) is 0 Å². The average molecular weight is 378 g/mol. The fourth-order valence-electron chi connectivity index (χ4n) is 2.80. The molecule has 1 heterocycles. The van der Waals surface area contributed by atoms with E-state index in [9.17, 15) is 21.9 Å². The van der Waals surface area contributed by atoms with Crippen molar-refractivity contribution in [2.45, 2.75) is 24.0 Å². The summed E-state index contributed by atoms with van der Waals surface area (Å²) in [7, 11) is -3.30. The van der Waals surface area contributed by atoms with Gasteiger partial charge < -0.3 is 9.84 Å². The predicted molar refractivity (Wildman–Crippen MR) is 88.9 cm³/mol. The van der Waals surface area contributed by atoms with Gasteiger partial charge in [-0.15, -0.1) is 4.41 Å². The number of hydrazine groups is 1. The number of nitrogens with zero attached hydrogens (tertiary/aromatic N) is 2. The van der Waals surface area contributed by atoms with Crippen LogP contribution >= 0.6 is 0 Å². The molecule has 1 aromatic rings. The molecule has 2 rings (SSSR count). The van der Waals surface area contributed by atoms with Gasteiger partial charge in [0.05, 0.1) is 30.8 Å². The van der Waals surface area contributed by atoms with Gasteiger partial charge in [0.1, 0.15) is 10.6 Å². The van der Waals surface area contributed by atoms with Crippen molar-refractivity contribution in [2.24, 2.45) is 0 Å². The van der Waals surface area contributed by atoms with Crippen LogP contribution in [-0.2, 0) is 19.9 Å². The van der Waals surface area contributed by atoms with Gasteiger partial charge in [-0.2, -0.15) is 0 Å². The molecule has 8 nitrogen and oxygen atoms in total. The molecular weight excluding hydrogens is 356 g/mol. The monoisotopic (exact) mass is 378 g/mol. The van der Waals surface area contributed by atoms with Gasteiger partial charge in [-0.05, 0) is 24.6 Å². The Morgan fingerprint density at radius 2 is 1.88 bits per heavy atom. The molecule has 24 heavy (non-hydrogen) atoms. The van der Waals surface area contributed by atoms with E-state index in [0.717, 1.165) is 4.41 Å². The SMILES string of the molecule is COc1ccc(C)cc1S(=O)(=O)N([C@@H]1CS(=O)(=O)C[C@@H]1O)N(C)C. The summed E-state index contributed by atoms with van der Waals surface area (Å²) < 4.78 is 55.9. The first-order valence-corrected chi connectivity index (χ1v) is 10.5. The zero-order valence-corrected chi connectivity index (χ0v) is 15.6. The Hall–Kier alpha value is -1.20. The molecule has 0 saturated carbocycles. The summed E-state index contributed by atoms with van der Waals surface area (Å²) >= 11 is 0. The summed E-state index contributed by atoms with van der Waals surface area (Å²) in [6.45, 7) is 1.74. The second-order valence-corrected chi connectivity index (χ2v) is 9.91. The third-order valence-corrected chi connectivity index (χ3v) is 7.48. The van der Waals surface area contributed by atoms with E-state index in [2.05, 4.69) is 0 Å². The molecular formula is C14H22N2O6S2. The van der Waals surface area contributed by atoms with Crippen molar-refractivity contribution in [1.82, 2.24) is 9.42 Å². The summed E-state index contributed by atoms with van der Waals surface area (Å²) in [5.74, 6) is -0.731. The van der Waals surface area contributed by atoms with Crippen LogP contribution in [0.15, 0.2) is 23.1 Å². The topological polar surface area (TPSA) is 104 Å². The molecule has 1 aromatic carbocycles. The molecule has 1 N–H and O–H groups in total. The van der Waals surface area contributed by atoms with Crippen molar-refractivity contribution in [1.29, 1.82) is 0 Å². The van der Waals surface area contributed by atoms with Gasteiger partial charge in [-0.1, -0.05) is 6.07 Å². The van der Waals surface area contributed by atoms with Crippen LogP contribution in [0.25, 0.3) is 0 Å². The molecule has 2 atom stereocenters. The number of benzene rings is 1. The number of hydrogen-bond donors (Lipinski definition) is 1. The molecule has 0 bridgehead atoms. The third kappa shape index (κ3) is 3.57. The Kier molecular flexibility index (Phi) is 5.26. The number of aliphatic hydroxyl groups excluding tert-OH is 1. The van der Waals surface area contributed by atoms with Crippen molar-refractivity contribution in [3.8, 4) is 5.75 Å². The molecule has 1 aliphatic rings. The third-order valence-electron chi connectivity index (χ3n) is 3.81. The molecule has 1 saturated heterocycles. The Balaban J connectivity index is 2.58. The number of rotatable bonds is 5. The smallest absolute Gasteiger partial charge is 0.260 e. The van der Waals surface area contributed by atoms with Gasteiger partial charge in [0.25, 0.3) is 10.0 Å². The molecule has 0 amide bonds. The van der Waals surface area contributed by atoms with E-state index in [1.807, 2.05) is 0 Å².